The van der Waals surface area contributed by atoms with Gasteiger partial charge in [-0.25, -0.2) is 0 Å². The maximum atomic E-state index is 11.5. The van der Waals surface area contributed by atoms with E-state index in [4.69, 9.17) is 5.73 Å². The number of nitrogens with one attached hydrogen (secondary N) is 1. The van der Waals surface area contributed by atoms with Gasteiger partial charge in [0.25, 0.3) is 0 Å². The van der Waals surface area contributed by atoms with Crippen LogP contribution in [0.4, 0.5) is 0 Å². The Morgan fingerprint density at radius 2 is 2.26 bits per heavy atom. The zero-order chi connectivity index (χ0) is 13.8. The zero-order valence-corrected chi connectivity index (χ0v) is 11.1. The molecule has 0 unspecified atom stereocenters. The van der Waals surface area contributed by atoms with Gasteiger partial charge in [-0.3, -0.25) is 4.79 Å². The highest BCUT2D eigenvalue weighted by atomic mass is 16.3. The summed E-state index contributed by atoms with van der Waals surface area (Å²) in [5, 5.41) is 10.5. The van der Waals surface area contributed by atoms with Crippen LogP contribution in [0.3, 0.4) is 0 Å². The minimum Gasteiger partial charge on any atom is -0.386 e. The van der Waals surface area contributed by atoms with Crippen LogP contribution in [0.2, 0.25) is 0 Å². The van der Waals surface area contributed by atoms with Crippen molar-refractivity contribution in [3.63, 3.8) is 0 Å². The van der Waals surface area contributed by atoms with Crippen LogP contribution in [-0.4, -0.2) is 10.1 Å². The van der Waals surface area contributed by atoms with Crippen molar-refractivity contribution in [2.75, 3.05) is 0 Å². The Bertz CT molecular complexity index is 656. The third-order valence-electron chi connectivity index (χ3n) is 4.27. The number of H-pyrrole nitrogens is 1. The van der Waals surface area contributed by atoms with E-state index < -0.39 is 11.6 Å². The molecule has 3 atom stereocenters. The first-order chi connectivity index (χ1) is 8.97. The smallest absolute Gasteiger partial charge is 0.248 e. The molecule has 4 N–H and O–H groups in total. The average molecular weight is 258 g/mol. The van der Waals surface area contributed by atoms with E-state index in [9.17, 15) is 9.90 Å². The summed E-state index contributed by atoms with van der Waals surface area (Å²) in [5.41, 5.74) is 9.41. The second-order valence-corrected chi connectivity index (χ2v) is 5.53. The van der Waals surface area contributed by atoms with Crippen LogP contribution in [0, 0.1) is 5.92 Å². The molecular weight excluding hydrogens is 240 g/mol. The molecule has 0 spiro atoms. The maximum Gasteiger partial charge on any atom is 0.248 e. The van der Waals surface area contributed by atoms with Gasteiger partial charge < -0.3 is 15.8 Å². The van der Waals surface area contributed by atoms with Crippen molar-refractivity contribution in [2.45, 2.75) is 31.9 Å². The second kappa shape index (κ2) is 3.92. The van der Waals surface area contributed by atoms with Gasteiger partial charge in [0.05, 0.1) is 11.2 Å². The van der Waals surface area contributed by atoms with E-state index in [0.29, 0.717) is 5.69 Å². The molecule has 0 amide bonds. The SMILES string of the molecule is C/C=C1/[C@@H]2C=C(C)C[C@]1(N)c1ccc(=O)[nH]c1[C@@H]2O. The lowest BCUT2D eigenvalue weighted by atomic mass is 9.62. The van der Waals surface area contributed by atoms with Gasteiger partial charge in [-0.1, -0.05) is 17.7 Å². The Hall–Kier alpha value is -1.65. The molecule has 2 aliphatic rings. The van der Waals surface area contributed by atoms with E-state index in [2.05, 4.69) is 11.1 Å². The summed E-state index contributed by atoms with van der Waals surface area (Å²) in [6, 6.07) is 3.22. The van der Waals surface area contributed by atoms with Crippen molar-refractivity contribution in [2.24, 2.45) is 11.7 Å². The lowest BCUT2D eigenvalue weighted by Gasteiger charge is -2.47. The van der Waals surface area contributed by atoms with Crippen molar-refractivity contribution in [1.29, 1.82) is 0 Å². The van der Waals surface area contributed by atoms with Crippen molar-refractivity contribution in [3.8, 4) is 0 Å². The number of aliphatic hydroxyl groups excluding tert-OH is 1. The highest BCUT2D eigenvalue weighted by Crippen LogP contribution is 2.51. The third kappa shape index (κ3) is 1.57. The number of hydrogen-bond donors (Lipinski definition) is 3. The molecule has 0 saturated heterocycles. The van der Waals surface area contributed by atoms with Gasteiger partial charge in [0.1, 0.15) is 6.10 Å². The normalized spacial score (nSPS) is 34.9. The van der Waals surface area contributed by atoms with E-state index in [1.807, 2.05) is 19.9 Å². The standard InChI is InChI=1S/C15H18N2O2/c1-3-10-9-6-8(2)7-15(10,16)11-4-5-12(18)17-13(11)14(9)19/h3-6,9,14,19H,7,16H2,1-2H3,(H,17,18)/b10-3-/t9-,14+,15+/m0/s1. The molecule has 100 valence electrons. The number of allylic oxidation sites excluding steroid dienone is 1. The first-order valence-electron chi connectivity index (χ1n) is 6.52. The Morgan fingerprint density at radius 1 is 1.53 bits per heavy atom. The number of nitrogens with two attached hydrogens (primary N) is 1. The van der Waals surface area contributed by atoms with E-state index >= 15 is 0 Å². The summed E-state index contributed by atoms with van der Waals surface area (Å²) in [7, 11) is 0. The molecule has 0 aromatic carbocycles. The first-order valence-corrected chi connectivity index (χ1v) is 6.52. The molecule has 2 bridgehead atoms. The summed E-state index contributed by atoms with van der Waals surface area (Å²) in [6.45, 7) is 3.98. The lowest BCUT2D eigenvalue weighted by Crippen LogP contribution is -2.49. The molecule has 4 nitrogen and oxygen atoms in total. The van der Waals surface area contributed by atoms with Gasteiger partial charge in [-0.15, -0.1) is 0 Å². The van der Waals surface area contributed by atoms with Crippen molar-refractivity contribution < 1.29 is 5.11 Å². The van der Waals surface area contributed by atoms with E-state index in [0.717, 1.165) is 17.6 Å². The number of pyridine rings is 1. The van der Waals surface area contributed by atoms with Crippen LogP contribution in [0.5, 0.6) is 0 Å². The highest BCUT2D eigenvalue weighted by molar-refractivity contribution is 5.50. The number of aromatic amines is 1. The van der Waals surface area contributed by atoms with Gasteiger partial charge in [-0.2, -0.15) is 0 Å². The fraction of sp³-hybridized carbons (Fsp3) is 0.400. The Balaban J connectivity index is 2.34. The van der Waals surface area contributed by atoms with E-state index in [-0.39, 0.29) is 11.5 Å². The predicted molar refractivity (Wildman–Crippen MR) is 73.5 cm³/mol. The molecule has 0 aliphatic heterocycles. The molecule has 2 aliphatic carbocycles. The number of hydrogen-bond acceptors (Lipinski definition) is 3. The molecule has 0 saturated carbocycles. The van der Waals surface area contributed by atoms with Gasteiger partial charge in [-0.05, 0) is 37.5 Å². The number of fused-ring (bicyclic) bond motifs is 4. The fourth-order valence-electron chi connectivity index (χ4n) is 3.55. The first kappa shape index (κ1) is 12.4. The van der Waals surface area contributed by atoms with Crippen LogP contribution in [-0.2, 0) is 5.54 Å². The third-order valence-corrected chi connectivity index (χ3v) is 4.27. The number of aliphatic hydroxyl groups is 1. The monoisotopic (exact) mass is 258 g/mol. The molecule has 1 heterocycles. The summed E-state index contributed by atoms with van der Waals surface area (Å²) in [5.74, 6) is -0.144. The summed E-state index contributed by atoms with van der Waals surface area (Å²) in [4.78, 5) is 14.2. The molecule has 4 heteroatoms. The number of aromatic nitrogens is 1. The Labute approximate surface area is 111 Å². The van der Waals surface area contributed by atoms with Gasteiger partial charge >= 0.3 is 0 Å². The van der Waals surface area contributed by atoms with Gasteiger partial charge in [0.15, 0.2) is 0 Å². The molecular formula is C15H18N2O2. The second-order valence-electron chi connectivity index (χ2n) is 5.53. The Kier molecular flexibility index (Phi) is 2.56. The minimum atomic E-state index is -0.734. The highest BCUT2D eigenvalue weighted by Gasteiger charge is 2.47. The predicted octanol–water partition coefficient (Wildman–Crippen LogP) is 1.49. The summed E-state index contributed by atoms with van der Waals surface area (Å²) >= 11 is 0. The van der Waals surface area contributed by atoms with E-state index in [1.165, 1.54) is 11.6 Å². The molecule has 3 rings (SSSR count). The van der Waals surface area contributed by atoms with Gasteiger partial charge in [0.2, 0.25) is 5.56 Å². The number of rotatable bonds is 0. The largest absolute Gasteiger partial charge is 0.386 e. The zero-order valence-electron chi connectivity index (χ0n) is 11.1. The van der Waals surface area contributed by atoms with Crippen LogP contribution in [0.25, 0.3) is 0 Å². The van der Waals surface area contributed by atoms with Crippen molar-refractivity contribution >= 4 is 0 Å². The quantitative estimate of drug-likeness (QED) is 0.617. The van der Waals surface area contributed by atoms with Crippen LogP contribution in [0.15, 0.2) is 40.2 Å². The summed E-state index contributed by atoms with van der Waals surface area (Å²) in [6.07, 6.45) is 4.03. The van der Waals surface area contributed by atoms with Crippen LogP contribution < -0.4 is 11.3 Å². The molecule has 1 aromatic rings. The summed E-state index contributed by atoms with van der Waals surface area (Å²) < 4.78 is 0. The Morgan fingerprint density at radius 3 is 2.95 bits per heavy atom. The molecule has 19 heavy (non-hydrogen) atoms. The molecule has 1 aromatic heterocycles. The van der Waals surface area contributed by atoms with Crippen molar-refractivity contribution in [3.05, 3.63) is 57.0 Å². The molecule has 0 fully saturated rings. The van der Waals surface area contributed by atoms with E-state index in [1.54, 1.807) is 6.07 Å². The fourth-order valence-corrected chi connectivity index (χ4v) is 3.55. The lowest BCUT2D eigenvalue weighted by molar-refractivity contribution is 0.116. The topological polar surface area (TPSA) is 79.1 Å². The minimum absolute atomic E-state index is 0.144. The van der Waals surface area contributed by atoms with Gasteiger partial charge in [0, 0.05) is 12.0 Å². The molecule has 0 radical (unpaired) electrons. The van der Waals surface area contributed by atoms with Crippen molar-refractivity contribution in [1.82, 2.24) is 4.98 Å². The van der Waals surface area contributed by atoms with Crippen LogP contribution in [0.1, 0.15) is 37.6 Å². The maximum absolute atomic E-state index is 11.5. The average Bonchev–Trinajstić information content (AvgIpc) is 2.35. The van der Waals surface area contributed by atoms with Crippen LogP contribution >= 0.6 is 0 Å².